The maximum absolute atomic E-state index is 13.5. The van der Waals surface area contributed by atoms with E-state index in [0.29, 0.717) is 27.4 Å². The van der Waals surface area contributed by atoms with Gasteiger partial charge >= 0.3 is 12.3 Å². The van der Waals surface area contributed by atoms with Crippen molar-refractivity contribution in [2.45, 2.75) is 32.7 Å². The zero-order valence-electron chi connectivity index (χ0n) is 19.7. The van der Waals surface area contributed by atoms with Crippen molar-refractivity contribution in [3.63, 3.8) is 0 Å². The standard InChI is InChI=1S/C27H21ClF3NO5/c1-3-23(26(34)35)36-19-9-5-8-18(13-19)32-15(2)24(25(33)16-6-4-7-17(28)12-16)21-11-10-20(14-22(21)32)37-27(29,30)31/h4-14,23H,3H2,1-2H3,(H,34,35)/t23-/m0/s1. The summed E-state index contributed by atoms with van der Waals surface area (Å²) in [6.07, 6.45) is -5.76. The van der Waals surface area contributed by atoms with Crippen LogP contribution < -0.4 is 9.47 Å². The molecule has 0 saturated heterocycles. The normalized spacial score (nSPS) is 12.4. The van der Waals surface area contributed by atoms with Gasteiger partial charge in [0, 0.05) is 39.5 Å². The van der Waals surface area contributed by atoms with E-state index in [9.17, 15) is 27.9 Å². The van der Waals surface area contributed by atoms with Crippen molar-refractivity contribution in [1.82, 2.24) is 4.57 Å². The summed E-state index contributed by atoms with van der Waals surface area (Å²) in [5, 5.41) is 10.1. The van der Waals surface area contributed by atoms with E-state index >= 15 is 0 Å². The van der Waals surface area contributed by atoms with Crippen LogP contribution in [0.2, 0.25) is 5.02 Å². The van der Waals surface area contributed by atoms with E-state index in [4.69, 9.17) is 16.3 Å². The Morgan fingerprint density at radius 2 is 1.76 bits per heavy atom. The van der Waals surface area contributed by atoms with E-state index in [1.54, 1.807) is 60.9 Å². The number of fused-ring (bicyclic) bond motifs is 1. The largest absolute Gasteiger partial charge is 0.573 e. The number of aliphatic carboxylic acids is 1. The van der Waals surface area contributed by atoms with Crippen LogP contribution in [0.4, 0.5) is 13.2 Å². The summed E-state index contributed by atoms with van der Waals surface area (Å²) in [6.45, 7) is 3.34. The van der Waals surface area contributed by atoms with Gasteiger partial charge in [-0.2, -0.15) is 0 Å². The van der Waals surface area contributed by atoms with Gasteiger partial charge in [-0.3, -0.25) is 4.79 Å². The molecule has 0 fully saturated rings. The summed E-state index contributed by atoms with van der Waals surface area (Å²) >= 11 is 6.07. The smallest absolute Gasteiger partial charge is 0.479 e. The summed E-state index contributed by atoms with van der Waals surface area (Å²) in [5.74, 6) is -1.69. The average Bonchev–Trinajstić information content (AvgIpc) is 3.12. The van der Waals surface area contributed by atoms with E-state index in [-0.39, 0.29) is 29.0 Å². The number of carboxylic acids is 1. The molecule has 192 valence electrons. The van der Waals surface area contributed by atoms with E-state index in [0.717, 1.165) is 6.07 Å². The van der Waals surface area contributed by atoms with Gasteiger partial charge in [0.15, 0.2) is 11.9 Å². The van der Waals surface area contributed by atoms with Gasteiger partial charge < -0.3 is 19.1 Å². The molecule has 0 unspecified atom stereocenters. The van der Waals surface area contributed by atoms with Crippen LogP contribution in [-0.2, 0) is 4.79 Å². The summed E-state index contributed by atoms with van der Waals surface area (Å²) in [4.78, 5) is 25.0. The molecule has 4 aromatic rings. The number of hydrogen-bond acceptors (Lipinski definition) is 4. The molecule has 6 nitrogen and oxygen atoms in total. The minimum absolute atomic E-state index is 0.224. The molecule has 1 heterocycles. The Bertz CT molecular complexity index is 1500. The third kappa shape index (κ3) is 5.56. The van der Waals surface area contributed by atoms with Crippen LogP contribution in [0.5, 0.6) is 11.5 Å². The number of ether oxygens (including phenoxy) is 2. The van der Waals surface area contributed by atoms with Gasteiger partial charge in [0.05, 0.1) is 11.1 Å². The van der Waals surface area contributed by atoms with Crippen molar-refractivity contribution in [1.29, 1.82) is 0 Å². The first kappa shape index (κ1) is 26.1. The van der Waals surface area contributed by atoms with Crippen LogP contribution >= 0.6 is 11.6 Å². The van der Waals surface area contributed by atoms with Crippen LogP contribution in [0, 0.1) is 6.92 Å². The Morgan fingerprint density at radius 3 is 2.41 bits per heavy atom. The second-order valence-corrected chi connectivity index (χ2v) is 8.65. The third-order valence-corrected chi connectivity index (χ3v) is 5.96. The fourth-order valence-electron chi connectivity index (χ4n) is 4.15. The number of carbonyl (C=O) groups excluding carboxylic acids is 1. The van der Waals surface area contributed by atoms with Gasteiger partial charge in [-0.1, -0.05) is 36.7 Å². The SMILES string of the molecule is CC[C@H](Oc1cccc(-n2c(C)c(C(=O)c3cccc(Cl)c3)c3ccc(OC(F)(F)F)cc32)c1)C(=O)O. The molecule has 1 N–H and O–H groups in total. The Labute approximate surface area is 214 Å². The molecule has 3 aromatic carbocycles. The molecule has 0 aliphatic heterocycles. The van der Waals surface area contributed by atoms with Crippen molar-refractivity contribution < 1.29 is 37.3 Å². The lowest BCUT2D eigenvalue weighted by Gasteiger charge is -2.15. The van der Waals surface area contributed by atoms with Crippen LogP contribution in [0.1, 0.15) is 35.0 Å². The lowest BCUT2D eigenvalue weighted by molar-refractivity contribution is -0.274. The molecular weight excluding hydrogens is 511 g/mol. The first-order valence-corrected chi connectivity index (χ1v) is 11.6. The predicted octanol–water partition coefficient (Wildman–Crippen LogP) is 6.96. The van der Waals surface area contributed by atoms with Crippen molar-refractivity contribution >= 4 is 34.3 Å². The van der Waals surface area contributed by atoms with Crippen molar-refractivity contribution in [3.05, 3.63) is 88.6 Å². The van der Waals surface area contributed by atoms with Crippen LogP contribution in [0.15, 0.2) is 66.7 Å². The number of ketones is 1. The highest BCUT2D eigenvalue weighted by Gasteiger charge is 2.32. The zero-order chi connectivity index (χ0) is 26.9. The van der Waals surface area contributed by atoms with Gasteiger partial charge in [-0.25, -0.2) is 4.79 Å². The molecule has 0 amide bonds. The molecule has 0 saturated carbocycles. The summed E-state index contributed by atoms with van der Waals surface area (Å²) < 4.78 is 50.2. The first-order chi connectivity index (χ1) is 17.5. The number of benzene rings is 3. The van der Waals surface area contributed by atoms with E-state index in [1.165, 1.54) is 18.2 Å². The van der Waals surface area contributed by atoms with E-state index in [2.05, 4.69) is 4.74 Å². The number of alkyl halides is 3. The Morgan fingerprint density at radius 1 is 1.03 bits per heavy atom. The molecule has 0 aliphatic rings. The highest BCUT2D eigenvalue weighted by molar-refractivity contribution is 6.31. The number of carbonyl (C=O) groups is 2. The fourth-order valence-corrected chi connectivity index (χ4v) is 4.34. The number of hydrogen-bond donors (Lipinski definition) is 1. The second kappa shape index (κ2) is 10.2. The lowest BCUT2D eigenvalue weighted by atomic mass is 10.0. The molecule has 37 heavy (non-hydrogen) atoms. The maximum Gasteiger partial charge on any atom is 0.573 e. The summed E-state index contributed by atoms with van der Waals surface area (Å²) in [6, 6.07) is 16.5. The summed E-state index contributed by atoms with van der Waals surface area (Å²) in [5.41, 5.74) is 1.78. The molecule has 10 heteroatoms. The lowest BCUT2D eigenvalue weighted by Crippen LogP contribution is -2.25. The average molecular weight is 532 g/mol. The second-order valence-electron chi connectivity index (χ2n) is 8.21. The molecule has 4 rings (SSSR count). The topological polar surface area (TPSA) is 77.8 Å². The molecule has 1 atom stereocenters. The quantitative estimate of drug-likeness (QED) is 0.249. The number of aromatic nitrogens is 1. The Kier molecular flexibility index (Phi) is 7.18. The molecular formula is C27H21ClF3NO5. The fraction of sp³-hybridized carbons (Fsp3) is 0.185. The van der Waals surface area contributed by atoms with Crippen LogP contribution in [0.25, 0.3) is 16.6 Å². The van der Waals surface area contributed by atoms with Crippen LogP contribution in [-0.4, -0.2) is 33.9 Å². The van der Waals surface area contributed by atoms with Gasteiger partial charge in [0.2, 0.25) is 0 Å². The molecule has 0 radical (unpaired) electrons. The van der Waals surface area contributed by atoms with Gasteiger partial charge in [-0.15, -0.1) is 13.2 Å². The molecule has 1 aromatic heterocycles. The Balaban J connectivity index is 1.92. The zero-order valence-corrected chi connectivity index (χ0v) is 20.4. The predicted molar refractivity (Wildman–Crippen MR) is 132 cm³/mol. The maximum atomic E-state index is 13.5. The number of nitrogens with zero attached hydrogens (tertiary/aromatic N) is 1. The van der Waals surface area contributed by atoms with Crippen LogP contribution in [0.3, 0.4) is 0 Å². The van der Waals surface area contributed by atoms with Gasteiger partial charge in [-0.05, 0) is 49.7 Å². The third-order valence-electron chi connectivity index (χ3n) is 5.72. The Hall–Kier alpha value is -3.98. The molecule has 0 bridgehead atoms. The highest BCUT2D eigenvalue weighted by Crippen LogP contribution is 2.36. The van der Waals surface area contributed by atoms with Gasteiger partial charge in [0.1, 0.15) is 11.5 Å². The molecule has 0 spiro atoms. The highest BCUT2D eigenvalue weighted by atomic mass is 35.5. The minimum Gasteiger partial charge on any atom is -0.479 e. The summed E-state index contributed by atoms with van der Waals surface area (Å²) in [7, 11) is 0. The van der Waals surface area contributed by atoms with Crippen molar-refractivity contribution in [2.75, 3.05) is 0 Å². The van der Waals surface area contributed by atoms with E-state index < -0.39 is 24.2 Å². The monoisotopic (exact) mass is 531 g/mol. The number of carboxylic acid groups (broad SMARTS) is 1. The molecule has 0 aliphatic carbocycles. The van der Waals surface area contributed by atoms with Crippen molar-refractivity contribution in [3.8, 4) is 17.2 Å². The first-order valence-electron chi connectivity index (χ1n) is 11.2. The minimum atomic E-state index is -4.90. The number of rotatable bonds is 8. The van der Waals surface area contributed by atoms with E-state index in [1.807, 2.05) is 0 Å². The van der Waals surface area contributed by atoms with Crippen molar-refractivity contribution in [2.24, 2.45) is 0 Å². The number of halogens is 4. The van der Waals surface area contributed by atoms with Gasteiger partial charge in [0.25, 0.3) is 0 Å².